The third kappa shape index (κ3) is 2.56. The van der Waals surface area contributed by atoms with Gasteiger partial charge in [0.05, 0.1) is 22.9 Å². The number of hydrazone groups is 1. The molecule has 0 saturated carbocycles. The van der Waals surface area contributed by atoms with Crippen LogP contribution >= 0.6 is 11.3 Å². The van der Waals surface area contributed by atoms with E-state index in [1.807, 2.05) is 17.5 Å². The lowest BCUT2D eigenvalue weighted by molar-refractivity contribution is -0.255. The summed E-state index contributed by atoms with van der Waals surface area (Å²) in [6, 6.07) is 9.70. The Morgan fingerprint density at radius 3 is 2.59 bits per heavy atom. The highest BCUT2D eigenvalue weighted by atomic mass is 32.1. The zero-order valence-corrected chi connectivity index (χ0v) is 12.5. The highest BCUT2D eigenvalue weighted by Crippen LogP contribution is 2.26. The van der Waals surface area contributed by atoms with Crippen molar-refractivity contribution in [1.29, 1.82) is 0 Å². The van der Waals surface area contributed by atoms with E-state index >= 15 is 0 Å². The second kappa shape index (κ2) is 5.57. The molecule has 1 aliphatic rings. The van der Waals surface area contributed by atoms with Crippen molar-refractivity contribution >= 4 is 40.7 Å². The molecule has 0 bridgehead atoms. The molecule has 0 atom stereocenters. The fourth-order valence-electron chi connectivity index (χ4n) is 2.11. The van der Waals surface area contributed by atoms with Gasteiger partial charge in [-0.3, -0.25) is 4.79 Å². The van der Waals surface area contributed by atoms with Gasteiger partial charge in [0, 0.05) is 4.88 Å². The van der Waals surface area contributed by atoms with Crippen molar-refractivity contribution in [2.45, 2.75) is 6.92 Å². The third-order valence-electron chi connectivity index (χ3n) is 3.24. The standard InChI is InChI=1S/C16H12N2O3S/c1-10-14(9-13-3-2-8-22-13)15(19)18(17-10)12-6-4-11(5-7-12)16(20)21/h2-9H,1H3,(H,20,21)/p-1/b14-9-. The molecule has 1 aliphatic heterocycles. The SMILES string of the molecule is CC1=NN(c2ccc(C(=O)[O-])cc2)C(=O)/C1=C\c1cccs1. The molecule has 1 amide bonds. The van der Waals surface area contributed by atoms with Gasteiger partial charge < -0.3 is 9.90 Å². The Labute approximate surface area is 130 Å². The summed E-state index contributed by atoms with van der Waals surface area (Å²) in [5.41, 5.74) is 1.74. The first-order valence-electron chi connectivity index (χ1n) is 6.53. The van der Waals surface area contributed by atoms with Gasteiger partial charge in [-0.1, -0.05) is 18.2 Å². The molecule has 0 aliphatic carbocycles. The van der Waals surface area contributed by atoms with E-state index < -0.39 is 5.97 Å². The maximum absolute atomic E-state index is 12.5. The average molecular weight is 311 g/mol. The van der Waals surface area contributed by atoms with Crippen molar-refractivity contribution in [1.82, 2.24) is 0 Å². The summed E-state index contributed by atoms with van der Waals surface area (Å²) < 4.78 is 0. The van der Waals surface area contributed by atoms with Crippen molar-refractivity contribution < 1.29 is 14.7 Å². The fourth-order valence-corrected chi connectivity index (χ4v) is 2.77. The van der Waals surface area contributed by atoms with Crippen LogP contribution in [-0.4, -0.2) is 17.6 Å². The predicted molar refractivity (Wildman–Crippen MR) is 83.7 cm³/mol. The van der Waals surface area contributed by atoms with Crippen LogP contribution < -0.4 is 10.1 Å². The maximum atomic E-state index is 12.5. The van der Waals surface area contributed by atoms with E-state index in [9.17, 15) is 14.7 Å². The number of nitrogens with zero attached hydrogens (tertiary/aromatic N) is 2. The normalized spacial score (nSPS) is 16.2. The van der Waals surface area contributed by atoms with Crippen LogP contribution in [0, 0.1) is 0 Å². The number of hydrogen-bond donors (Lipinski definition) is 0. The summed E-state index contributed by atoms with van der Waals surface area (Å²) in [4.78, 5) is 24.2. The monoisotopic (exact) mass is 311 g/mol. The Kier molecular flexibility index (Phi) is 3.60. The summed E-state index contributed by atoms with van der Waals surface area (Å²) in [5, 5.41) is 18.2. The van der Waals surface area contributed by atoms with Gasteiger partial charge in [0.1, 0.15) is 0 Å². The molecule has 2 heterocycles. The van der Waals surface area contributed by atoms with E-state index in [2.05, 4.69) is 5.10 Å². The molecular weight excluding hydrogens is 300 g/mol. The lowest BCUT2D eigenvalue weighted by Gasteiger charge is -2.12. The zero-order chi connectivity index (χ0) is 15.7. The molecule has 110 valence electrons. The van der Waals surface area contributed by atoms with Crippen molar-refractivity contribution in [3.8, 4) is 0 Å². The first-order chi connectivity index (χ1) is 10.6. The minimum absolute atomic E-state index is 0.0606. The van der Waals surface area contributed by atoms with Crippen LogP contribution in [0.5, 0.6) is 0 Å². The Balaban J connectivity index is 1.91. The number of carboxylic acid groups (broad SMARTS) is 1. The van der Waals surface area contributed by atoms with Crippen LogP contribution in [0.1, 0.15) is 22.2 Å². The molecule has 0 spiro atoms. The molecule has 0 unspecified atom stereocenters. The van der Waals surface area contributed by atoms with Gasteiger partial charge >= 0.3 is 0 Å². The quantitative estimate of drug-likeness (QED) is 0.813. The zero-order valence-electron chi connectivity index (χ0n) is 11.6. The molecule has 6 heteroatoms. The lowest BCUT2D eigenvalue weighted by atomic mass is 10.1. The summed E-state index contributed by atoms with van der Waals surface area (Å²) in [6.07, 6.45) is 1.81. The van der Waals surface area contributed by atoms with Gasteiger partial charge in [-0.2, -0.15) is 10.1 Å². The molecule has 1 aromatic carbocycles. The molecule has 2 aromatic rings. The molecular formula is C16H11N2O3S-. The van der Waals surface area contributed by atoms with Crippen LogP contribution in [0.3, 0.4) is 0 Å². The van der Waals surface area contributed by atoms with Crippen molar-refractivity contribution in [3.63, 3.8) is 0 Å². The first kappa shape index (κ1) is 14.2. The Bertz CT molecular complexity index is 789. The summed E-state index contributed by atoms with van der Waals surface area (Å²) >= 11 is 1.54. The number of benzene rings is 1. The van der Waals surface area contributed by atoms with Crippen molar-refractivity contribution in [2.75, 3.05) is 5.01 Å². The van der Waals surface area contributed by atoms with E-state index in [-0.39, 0.29) is 11.5 Å². The molecule has 22 heavy (non-hydrogen) atoms. The summed E-state index contributed by atoms with van der Waals surface area (Å²) in [5.74, 6) is -1.48. The molecule has 0 fully saturated rings. The van der Waals surface area contributed by atoms with Crippen molar-refractivity contribution in [3.05, 3.63) is 57.8 Å². The summed E-state index contributed by atoms with van der Waals surface area (Å²) in [7, 11) is 0. The highest BCUT2D eigenvalue weighted by molar-refractivity contribution is 7.10. The number of anilines is 1. The number of amides is 1. The molecule has 0 saturated heterocycles. The second-order valence-electron chi connectivity index (χ2n) is 4.71. The van der Waals surface area contributed by atoms with Crippen LogP contribution in [-0.2, 0) is 4.79 Å². The van der Waals surface area contributed by atoms with E-state index in [4.69, 9.17) is 0 Å². The fraction of sp³-hybridized carbons (Fsp3) is 0.0625. The molecule has 5 nitrogen and oxygen atoms in total. The van der Waals surface area contributed by atoms with Gasteiger partial charge in [0.2, 0.25) is 0 Å². The predicted octanol–water partition coefficient (Wildman–Crippen LogP) is 1.92. The number of hydrogen-bond acceptors (Lipinski definition) is 5. The number of thiophene rings is 1. The molecule has 3 rings (SSSR count). The maximum Gasteiger partial charge on any atom is 0.280 e. The first-order valence-corrected chi connectivity index (χ1v) is 7.41. The third-order valence-corrected chi connectivity index (χ3v) is 4.06. The number of carboxylic acids is 1. The lowest BCUT2D eigenvalue weighted by Crippen LogP contribution is -2.23. The van der Waals surface area contributed by atoms with Crippen LogP contribution in [0.2, 0.25) is 0 Å². The number of carbonyl (C=O) groups is 2. The molecule has 0 radical (unpaired) electrons. The molecule has 0 N–H and O–H groups in total. The number of aromatic carboxylic acids is 1. The van der Waals surface area contributed by atoms with Gasteiger partial charge in [-0.15, -0.1) is 11.3 Å². The van der Waals surface area contributed by atoms with Gasteiger partial charge in [0.25, 0.3) is 5.91 Å². The topological polar surface area (TPSA) is 72.8 Å². The van der Waals surface area contributed by atoms with Crippen LogP contribution in [0.15, 0.2) is 52.5 Å². The van der Waals surface area contributed by atoms with Crippen LogP contribution in [0.4, 0.5) is 5.69 Å². The Hall–Kier alpha value is -2.73. The highest BCUT2D eigenvalue weighted by Gasteiger charge is 2.28. The van der Waals surface area contributed by atoms with Crippen LogP contribution in [0.25, 0.3) is 6.08 Å². The minimum Gasteiger partial charge on any atom is -0.545 e. The van der Waals surface area contributed by atoms with Gasteiger partial charge in [-0.25, -0.2) is 0 Å². The largest absolute Gasteiger partial charge is 0.545 e. The summed E-state index contributed by atoms with van der Waals surface area (Å²) in [6.45, 7) is 1.77. The van der Waals surface area contributed by atoms with E-state index in [0.29, 0.717) is 17.0 Å². The number of rotatable bonds is 3. The smallest absolute Gasteiger partial charge is 0.280 e. The minimum atomic E-state index is -1.25. The second-order valence-corrected chi connectivity index (χ2v) is 5.69. The van der Waals surface area contributed by atoms with E-state index in [1.54, 1.807) is 24.3 Å². The average Bonchev–Trinajstić information content (AvgIpc) is 3.11. The van der Waals surface area contributed by atoms with E-state index in [1.165, 1.54) is 29.3 Å². The molecule has 1 aromatic heterocycles. The van der Waals surface area contributed by atoms with Gasteiger partial charge in [-0.05, 0) is 42.1 Å². The number of carbonyl (C=O) groups excluding carboxylic acids is 2. The van der Waals surface area contributed by atoms with Crippen molar-refractivity contribution in [2.24, 2.45) is 5.10 Å². The van der Waals surface area contributed by atoms with Gasteiger partial charge in [0.15, 0.2) is 0 Å². The Morgan fingerprint density at radius 1 is 1.27 bits per heavy atom. The Morgan fingerprint density at radius 2 is 2.00 bits per heavy atom. The van der Waals surface area contributed by atoms with E-state index in [0.717, 1.165) is 4.88 Å².